The first kappa shape index (κ1) is 22.8. The number of hydrogen-bond donors (Lipinski definition) is 1. The van der Waals surface area contributed by atoms with E-state index in [9.17, 15) is 19.1 Å². The Balaban J connectivity index is 1.99. The van der Waals surface area contributed by atoms with Crippen molar-refractivity contribution in [1.82, 2.24) is 4.57 Å². The molecule has 0 unspecified atom stereocenters. The van der Waals surface area contributed by atoms with Gasteiger partial charge in [0.2, 0.25) is 0 Å². The molecule has 2 aromatic heterocycles. The molecular formula is C29H26FNO4. The van der Waals surface area contributed by atoms with Crippen LogP contribution >= 0.6 is 0 Å². The van der Waals surface area contributed by atoms with E-state index in [0.29, 0.717) is 35.2 Å². The van der Waals surface area contributed by atoms with Crippen LogP contribution in [0.5, 0.6) is 5.75 Å². The predicted molar refractivity (Wildman–Crippen MR) is 133 cm³/mol. The number of Topliss-reactive ketones (excluding diaryl/α,β-unsaturated/α-hetero) is 1. The minimum Gasteiger partial charge on any atom is -0.507 e. The molecule has 2 aromatic carbocycles. The second kappa shape index (κ2) is 8.08. The summed E-state index contributed by atoms with van der Waals surface area (Å²) in [4.78, 5) is 26.7. The topological polar surface area (TPSA) is 72.4 Å². The van der Waals surface area contributed by atoms with Crippen LogP contribution in [0.1, 0.15) is 47.6 Å². The van der Waals surface area contributed by atoms with Crippen molar-refractivity contribution in [1.29, 1.82) is 0 Å². The maximum Gasteiger partial charge on any atom is 0.347 e. The first-order valence-corrected chi connectivity index (χ1v) is 11.5. The van der Waals surface area contributed by atoms with E-state index in [0.717, 1.165) is 16.9 Å². The molecule has 178 valence electrons. The van der Waals surface area contributed by atoms with Crippen molar-refractivity contribution >= 4 is 5.78 Å². The number of fused-ring (bicyclic) bond motifs is 1. The summed E-state index contributed by atoms with van der Waals surface area (Å²) in [5.74, 6) is -0.509. The van der Waals surface area contributed by atoms with Crippen LogP contribution in [0.2, 0.25) is 0 Å². The Labute approximate surface area is 202 Å². The summed E-state index contributed by atoms with van der Waals surface area (Å²) in [6, 6.07) is 15.2. The first-order chi connectivity index (χ1) is 16.6. The average molecular weight is 472 g/mol. The third-order valence-corrected chi connectivity index (χ3v) is 6.55. The minimum absolute atomic E-state index is 0.0647. The molecule has 1 N–H and O–H groups in total. The Kier molecular flexibility index (Phi) is 5.28. The number of aromatic hydroxyl groups is 1. The van der Waals surface area contributed by atoms with Crippen molar-refractivity contribution in [3.8, 4) is 33.8 Å². The molecule has 0 fully saturated rings. The van der Waals surface area contributed by atoms with Gasteiger partial charge in [-0.3, -0.25) is 4.79 Å². The Morgan fingerprint density at radius 2 is 1.57 bits per heavy atom. The SMILES string of the molecule is Cc1ccc(-n2c3c(c(-c4c(O)cc(C)oc4=O)c2-c2ccc(F)cc2)C(=O)CC(C)(C)C3)cc1. The van der Waals surface area contributed by atoms with Gasteiger partial charge in [-0.25, -0.2) is 9.18 Å². The predicted octanol–water partition coefficient (Wildman–Crippen LogP) is 6.38. The maximum atomic E-state index is 13.9. The lowest BCUT2D eigenvalue weighted by Gasteiger charge is -2.30. The molecule has 0 spiro atoms. The molecule has 5 nitrogen and oxygen atoms in total. The van der Waals surface area contributed by atoms with Gasteiger partial charge in [-0.05, 0) is 67.6 Å². The van der Waals surface area contributed by atoms with E-state index in [1.165, 1.54) is 18.2 Å². The normalized spacial score (nSPS) is 14.7. The number of halogens is 1. The Hall–Kier alpha value is -3.93. The van der Waals surface area contributed by atoms with E-state index in [4.69, 9.17) is 4.42 Å². The third kappa shape index (κ3) is 3.89. The van der Waals surface area contributed by atoms with Crippen LogP contribution in [0.15, 0.2) is 63.8 Å². The van der Waals surface area contributed by atoms with Crippen molar-refractivity contribution in [2.75, 3.05) is 0 Å². The maximum absolute atomic E-state index is 13.9. The smallest absolute Gasteiger partial charge is 0.347 e. The van der Waals surface area contributed by atoms with Gasteiger partial charge in [0, 0.05) is 35.0 Å². The molecular weight excluding hydrogens is 445 g/mol. The zero-order valence-corrected chi connectivity index (χ0v) is 20.1. The number of aromatic nitrogens is 1. The van der Waals surface area contributed by atoms with Gasteiger partial charge in [0.05, 0.1) is 5.69 Å². The van der Waals surface area contributed by atoms with E-state index in [-0.39, 0.29) is 28.3 Å². The van der Waals surface area contributed by atoms with Crippen LogP contribution in [0.4, 0.5) is 4.39 Å². The van der Waals surface area contributed by atoms with E-state index >= 15 is 0 Å². The number of benzene rings is 2. The van der Waals surface area contributed by atoms with E-state index in [1.807, 2.05) is 49.6 Å². The lowest BCUT2D eigenvalue weighted by Crippen LogP contribution is -2.28. The molecule has 0 saturated heterocycles. The van der Waals surface area contributed by atoms with E-state index < -0.39 is 11.4 Å². The number of carbonyl (C=O) groups excluding carboxylic acids is 1. The van der Waals surface area contributed by atoms with E-state index in [2.05, 4.69) is 0 Å². The molecule has 6 heteroatoms. The Bertz CT molecular complexity index is 1520. The summed E-state index contributed by atoms with van der Waals surface area (Å²) in [6.45, 7) is 7.64. The van der Waals surface area contributed by atoms with Crippen LogP contribution in [-0.2, 0) is 6.42 Å². The number of hydrogen-bond acceptors (Lipinski definition) is 4. The second-order valence-electron chi connectivity index (χ2n) is 10.1. The summed E-state index contributed by atoms with van der Waals surface area (Å²) in [6.07, 6.45) is 0.875. The summed E-state index contributed by atoms with van der Waals surface area (Å²) in [5, 5.41) is 10.9. The van der Waals surface area contributed by atoms with Crippen LogP contribution in [-0.4, -0.2) is 15.5 Å². The van der Waals surface area contributed by atoms with E-state index in [1.54, 1.807) is 19.1 Å². The molecule has 0 aliphatic heterocycles. The zero-order chi connectivity index (χ0) is 25.1. The number of aryl methyl sites for hydroxylation is 2. The first-order valence-electron chi connectivity index (χ1n) is 11.5. The van der Waals surface area contributed by atoms with Gasteiger partial charge in [-0.15, -0.1) is 0 Å². The molecule has 0 atom stereocenters. The summed E-state index contributed by atoms with van der Waals surface area (Å²) in [7, 11) is 0. The highest BCUT2D eigenvalue weighted by Gasteiger charge is 2.40. The highest BCUT2D eigenvalue weighted by Crippen LogP contribution is 2.48. The second-order valence-corrected chi connectivity index (χ2v) is 10.1. The molecule has 1 aliphatic carbocycles. The lowest BCUT2D eigenvalue weighted by molar-refractivity contribution is 0.0911. The van der Waals surface area contributed by atoms with Crippen molar-refractivity contribution in [2.45, 2.75) is 40.5 Å². The van der Waals surface area contributed by atoms with Crippen LogP contribution in [0, 0.1) is 25.1 Å². The Morgan fingerprint density at radius 3 is 2.20 bits per heavy atom. The van der Waals surface area contributed by atoms with Gasteiger partial charge in [-0.2, -0.15) is 0 Å². The number of carbonyl (C=O) groups is 1. The van der Waals surface area contributed by atoms with Crippen molar-refractivity contribution in [3.05, 3.63) is 93.4 Å². The molecule has 35 heavy (non-hydrogen) atoms. The summed E-state index contributed by atoms with van der Waals surface area (Å²) < 4.78 is 21.2. The lowest BCUT2D eigenvalue weighted by atomic mass is 9.75. The largest absolute Gasteiger partial charge is 0.507 e. The monoisotopic (exact) mass is 471 g/mol. The molecule has 0 bridgehead atoms. The Morgan fingerprint density at radius 1 is 0.914 bits per heavy atom. The molecule has 5 rings (SSSR count). The average Bonchev–Trinajstić information content (AvgIpc) is 3.08. The minimum atomic E-state index is -0.729. The molecule has 1 aliphatic rings. The fourth-order valence-electron chi connectivity index (χ4n) is 5.06. The van der Waals surface area contributed by atoms with Gasteiger partial charge in [-0.1, -0.05) is 31.5 Å². The van der Waals surface area contributed by atoms with Crippen LogP contribution in [0.3, 0.4) is 0 Å². The van der Waals surface area contributed by atoms with Gasteiger partial charge in [0.1, 0.15) is 22.9 Å². The fourth-order valence-corrected chi connectivity index (χ4v) is 5.06. The summed E-state index contributed by atoms with van der Waals surface area (Å²) >= 11 is 0. The highest BCUT2D eigenvalue weighted by atomic mass is 19.1. The summed E-state index contributed by atoms with van der Waals surface area (Å²) in [5.41, 5.74) is 3.40. The van der Waals surface area contributed by atoms with Gasteiger partial charge >= 0.3 is 5.63 Å². The number of nitrogens with zero attached hydrogens (tertiary/aromatic N) is 1. The molecule has 2 heterocycles. The van der Waals surface area contributed by atoms with Crippen LogP contribution < -0.4 is 5.63 Å². The van der Waals surface area contributed by atoms with Gasteiger partial charge in [0.15, 0.2) is 5.78 Å². The molecule has 0 amide bonds. The number of ketones is 1. The molecule has 0 radical (unpaired) electrons. The molecule has 0 saturated carbocycles. The van der Waals surface area contributed by atoms with Crippen LogP contribution in [0.25, 0.3) is 28.1 Å². The van der Waals surface area contributed by atoms with Crippen molar-refractivity contribution < 1.29 is 18.7 Å². The van der Waals surface area contributed by atoms with Crippen molar-refractivity contribution in [3.63, 3.8) is 0 Å². The quantitative estimate of drug-likeness (QED) is 0.376. The van der Waals surface area contributed by atoms with Gasteiger partial charge < -0.3 is 14.1 Å². The standard InChI is InChI=1S/C29H26FNO4/c1-16-5-11-20(12-6-16)31-21-14-29(3,4)15-23(33)24(21)26(25-22(32)13-17(2)35-28(25)34)27(31)18-7-9-19(30)10-8-18/h5-13,32H,14-15H2,1-4H3. The van der Waals surface area contributed by atoms with Gasteiger partial charge in [0.25, 0.3) is 0 Å². The highest BCUT2D eigenvalue weighted by molar-refractivity contribution is 6.09. The number of rotatable bonds is 3. The zero-order valence-electron chi connectivity index (χ0n) is 20.1. The van der Waals surface area contributed by atoms with Crippen molar-refractivity contribution in [2.24, 2.45) is 5.41 Å². The third-order valence-electron chi connectivity index (χ3n) is 6.55. The fraction of sp³-hybridized carbons (Fsp3) is 0.241. The molecule has 4 aromatic rings.